The van der Waals surface area contributed by atoms with Gasteiger partial charge in [-0.3, -0.25) is 9.48 Å². The van der Waals surface area contributed by atoms with Crippen molar-refractivity contribution in [1.82, 2.24) is 9.78 Å². The van der Waals surface area contributed by atoms with Crippen LogP contribution in [0.4, 0.5) is 5.82 Å². The van der Waals surface area contributed by atoms with Crippen LogP contribution in [0.15, 0.2) is 48.7 Å². The number of nitrogens with zero attached hydrogens (tertiary/aromatic N) is 2. The SMILES string of the molecule is COc1cccc(C(=O)Nc2nn(Cc3c(Cl)cccc3Cl)cc2Cl)c1. The van der Waals surface area contributed by atoms with Crippen molar-refractivity contribution >= 4 is 46.5 Å². The zero-order valence-corrected chi connectivity index (χ0v) is 15.9. The maximum atomic E-state index is 12.4. The first-order valence-electron chi connectivity index (χ1n) is 7.59. The van der Waals surface area contributed by atoms with Crippen molar-refractivity contribution in [2.75, 3.05) is 12.4 Å². The van der Waals surface area contributed by atoms with E-state index in [4.69, 9.17) is 39.5 Å². The molecular weight excluding hydrogens is 397 g/mol. The molecule has 2 aromatic carbocycles. The van der Waals surface area contributed by atoms with Gasteiger partial charge in [0.2, 0.25) is 0 Å². The number of aromatic nitrogens is 2. The molecule has 0 spiro atoms. The van der Waals surface area contributed by atoms with Crippen LogP contribution in [0.1, 0.15) is 15.9 Å². The molecule has 0 saturated carbocycles. The van der Waals surface area contributed by atoms with Crippen molar-refractivity contribution in [3.8, 4) is 5.75 Å². The smallest absolute Gasteiger partial charge is 0.257 e. The quantitative estimate of drug-likeness (QED) is 0.632. The summed E-state index contributed by atoms with van der Waals surface area (Å²) in [5.41, 5.74) is 1.16. The first-order chi connectivity index (χ1) is 12.5. The largest absolute Gasteiger partial charge is 0.497 e. The molecule has 8 heteroatoms. The summed E-state index contributed by atoms with van der Waals surface area (Å²) < 4.78 is 6.69. The third-order valence-corrected chi connectivity index (χ3v) is 4.65. The first-order valence-corrected chi connectivity index (χ1v) is 8.72. The first kappa shape index (κ1) is 18.6. The van der Waals surface area contributed by atoms with E-state index in [0.717, 1.165) is 5.56 Å². The van der Waals surface area contributed by atoms with Crippen molar-refractivity contribution < 1.29 is 9.53 Å². The molecule has 0 atom stereocenters. The second-order valence-corrected chi connectivity index (χ2v) is 6.63. The molecule has 3 rings (SSSR count). The molecule has 1 N–H and O–H groups in total. The van der Waals surface area contributed by atoms with Crippen LogP contribution in [0, 0.1) is 0 Å². The molecule has 0 aliphatic carbocycles. The van der Waals surface area contributed by atoms with Crippen LogP contribution in [0.5, 0.6) is 5.75 Å². The topological polar surface area (TPSA) is 56.1 Å². The number of rotatable bonds is 5. The van der Waals surface area contributed by atoms with Crippen LogP contribution in [0.3, 0.4) is 0 Å². The summed E-state index contributed by atoms with van der Waals surface area (Å²) >= 11 is 18.5. The Labute approximate surface area is 165 Å². The molecule has 26 heavy (non-hydrogen) atoms. The van der Waals surface area contributed by atoms with Gasteiger partial charge in [-0.05, 0) is 30.3 Å². The molecule has 0 saturated heterocycles. The lowest BCUT2D eigenvalue weighted by Crippen LogP contribution is -2.13. The Hall–Kier alpha value is -2.21. The maximum absolute atomic E-state index is 12.4. The minimum atomic E-state index is -0.341. The molecule has 0 bridgehead atoms. The highest BCUT2D eigenvalue weighted by Crippen LogP contribution is 2.27. The Bertz CT molecular complexity index is 936. The molecule has 1 aromatic heterocycles. The number of carbonyl (C=O) groups excluding carboxylic acids is 1. The molecule has 1 amide bonds. The number of hydrogen-bond acceptors (Lipinski definition) is 3. The van der Waals surface area contributed by atoms with Gasteiger partial charge in [-0.25, -0.2) is 0 Å². The van der Waals surface area contributed by atoms with Crippen molar-refractivity contribution in [1.29, 1.82) is 0 Å². The summed E-state index contributed by atoms with van der Waals surface area (Å²) in [4.78, 5) is 12.4. The number of benzene rings is 2. The lowest BCUT2D eigenvalue weighted by molar-refractivity contribution is 0.102. The van der Waals surface area contributed by atoms with Crippen molar-refractivity contribution in [3.63, 3.8) is 0 Å². The van der Waals surface area contributed by atoms with Crippen LogP contribution in [0.2, 0.25) is 15.1 Å². The van der Waals surface area contributed by atoms with Gasteiger partial charge in [0.05, 0.1) is 13.7 Å². The molecule has 0 radical (unpaired) electrons. The number of carbonyl (C=O) groups is 1. The highest BCUT2D eigenvalue weighted by Gasteiger charge is 2.14. The lowest BCUT2D eigenvalue weighted by atomic mass is 10.2. The average Bonchev–Trinajstić information content (AvgIpc) is 2.97. The fourth-order valence-corrected chi connectivity index (χ4v) is 3.07. The molecule has 0 fully saturated rings. The molecule has 0 unspecified atom stereocenters. The minimum absolute atomic E-state index is 0.252. The van der Waals surface area contributed by atoms with E-state index in [1.54, 1.807) is 53.3 Å². The standard InChI is InChI=1S/C18H14Cl3N3O2/c1-26-12-5-2-4-11(8-12)18(25)22-17-16(21)10-24(23-17)9-13-14(19)6-3-7-15(13)20/h2-8,10H,9H2,1H3,(H,22,23,25). The molecular formula is C18H14Cl3N3O2. The Morgan fingerprint density at radius 2 is 1.81 bits per heavy atom. The highest BCUT2D eigenvalue weighted by molar-refractivity contribution is 6.36. The zero-order chi connectivity index (χ0) is 18.7. The Morgan fingerprint density at radius 1 is 1.12 bits per heavy atom. The predicted octanol–water partition coefficient (Wildman–Crippen LogP) is 5.15. The highest BCUT2D eigenvalue weighted by atomic mass is 35.5. The van der Waals surface area contributed by atoms with E-state index in [0.29, 0.717) is 32.9 Å². The number of ether oxygens (including phenoxy) is 1. The van der Waals surface area contributed by atoms with Crippen LogP contribution in [-0.2, 0) is 6.54 Å². The van der Waals surface area contributed by atoms with Crippen LogP contribution in [-0.4, -0.2) is 22.8 Å². The molecule has 0 aliphatic heterocycles. The number of anilines is 1. The summed E-state index contributed by atoms with van der Waals surface area (Å²) in [5.74, 6) is 0.497. The van der Waals surface area contributed by atoms with Gasteiger partial charge in [0.15, 0.2) is 5.82 Å². The van der Waals surface area contributed by atoms with Gasteiger partial charge in [0.25, 0.3) is 5.91 Å². The summed E-state index contributed by atoms with van der Waals surface area (Å²) in [6.45, 7) is 0.327. The van der Waals surface area contributed by atoms with Crippen LogP contribution < -0.4 is 10.1 Å². The van der Waals surface area contributed by atoms with Gasteiger partial charge in [0, 0.05) is 27.4 Å². The van der Waals surface area contributed by atoms with E-state index >= 15 is 0 Å². The number of nitrogens with one attached hydrogen (secondary N) is 1. The maximum Gasteiger partial charge on any atom is 0.257 e. The monoisotopic (exact) mass is 409 g/mol. The van der Waals surface area contributed by atoms with Crippen molar-refractivity contribution in [2.45, 2.75) is 6.54 Å². The Morgan fingerprint density at radius 3 is 2.50 bits per heavy atom. The van der Waals surface area contributed by atoms with Gasteiger partial charge < -0.3 is 10.1 Å². The Kier molecular flexibility index (Phi) is 5.71. The molecule has 0 aliphatic rings. The molecule has 5 nitrogen and oxygen atoms in total. The number of methoxy groups -OCH3 is 1. The van der Waals surface area contributed by atoms with Gasteiger partial charge in [-0.2, -0.15) is 5.10 Å². The number of amides is 1. The fraction of sp³-hybridized carbons (Fsp3) is 0.111. The van der Waals surface area contributed by atoms with Gasteiger partial charge >= 0.3 is 0 Å². The molecule has 3 aromatic rings. The summed E-state index contributed by atoms with van der Waals surface area (Å²) in [7, 11) is 1.54. The second kappa shape index (κ2) is 7.99. The average molecular weight is 411 g/mol. The minimum Gasteiger partial charge on any atom is -0.497 e. The summed E-state index contributed by atoms with van der Waals surface area (Å²) in [6.07, 6.45) is 1.60. The van der Waals surface area contributed by atoms with Gasteiger partial charge in [-0.1, -0.05) is 46.9 Å². The molecule has 134 valence electrons. The van der Waals surface area contributed by atoms with Crippen LogP contribution in [0.25, 0.3) is 0 Å². The van der Waals surface area contributed by atoms with E-state index < -0.39 is 0 Å². The van der Waals surface area contributed by atoms with E-state index in [2.05, 4.69) is 10.4 Å². The lowest BCUT2D eigenvalue weighted by Gasteiger charge is -2.07. The van der Waals surface area contributed by atoms with Crippen molar-refractivity contribution in [2.24, 2.45) is 0 Å². The predicted molar refractivity (Wildman–Crippen MR) is 104 cm³/mol. The van der Waals surface area contributed by atoms with E-state index in [1.165, 1.54) is 7.11 Å². The van der Waals surface area contributed by atoms with E-state index in [9.17, 15) is 4.79 Å². The summed E-state index contributed by atoms with van der Waals surface area (Å²) in [6, 6.07) is 12.1. The van der Waals surface area contributed by atoms with E-state index in [-0.39, 0.29) is 11.7 Å². The van der Waals surface area contributed by atoms with Crippen molar-refractivity contribution in [3.05, 3.63) is 74.9 Å². The number of hydrogen-bond donors (Lipinski definition) is 1. The summed E-state index contributed by atoms with van der Waals surface area (Å²) in [5, 5.41) is 8.36. The zero-order valence-electron chi connectivity index (χ0n) is 13.7. The second-order valence-electron chi connectivity index (χ2n) is 5.41. The number of halogens is 3. The van der Waals surface area contributed by atoms with Gasteiger partial charge in [0.1, 0.15) is 10.8 Å². The normalized spacial score (nSPS) is 10.6. The fourth-order valence-electron chi connectivity index (χ4n) is 2.35. The third-order valence-electron chi connectivity index (χ3n) is 3.66. The third kappa shape index (κ3) is 4.12. The van der Waals surface area contributed by atoms with Gasteiger partial charge in [-0.15, -0.1) is 0 Å². The molecule has 1 heterocycles. The Balaban J connectivity index is 1.79. The van der Waals surface area contributed by atoms with E-state index in [1.807, 2.05) is 0 Å². The van der Waals surface area contributed by atoms with Crippen LogP contribution >= 0.6 is 34.8 Å².